The van der Waals surface area contributed by atoms with Crippen molar-refractivity contribution in [1.82, 2.24) is 4.72 Å². The third-order valence-corrected chi connectivity index (χ3v) is 4.75. The fourth-order valence-corrected chi connectivity index (χ4v) is 2.70. The van der Waals surface area contributed by atoms with Crippen molar-refractivity contribution in [1.29, 1.82) is 0 Å². The predicted octanol–water partition coefficient (Wildman–Crippen LogP) is 2.37. The molecule has 1 aromatic carbocycles. The molecule has 0 bridgehead atoms. The van der Waals surface area contributed by atoms with E-state index in [0.717, 1.165) is 6.07 Å². The van der Waals surface area contributed by atoms with Crippen LogP contribution < -0.4 is 4.72 Å². The van der Waals surface area contributed by atoms with Crippen LogP contribution in [0.5, 0.6) is 0 Å². The molecule has 1 unspecified atom stereocenters. The molecule has 0 heterocycles. The zero-order valence-electron chi connectivity index (χ0n) is 12.2. The number of alkyl halides is 2. The van der Waals surface area contributed by atoms with Crippen LogP contribution in [-0.4, -0.2) is 33.5 Å². The van der Waals surface area contributed by atoms with Gasteiger partial charge in [-0.1, -0.05) is 18.2 Å². The van der Waals surface area contributed by atoms with E-state index in [4.69, 9.17) is 5.11 Å². The molecule has 21 heavy (non-hydrogen) atoms. The minimum atomic E-state index is -2.20. The molecule has 7 heteroatoms. The summed E-state index contributed by atoms with van der Waals surface area (Å²) in [6.45, 7) is 2.48. The average molecular weight is 323 g/mol. The lowest BCUT2D eigenvalue weighted by atomic mass is 9.87. The van der Waals surface area contributed by atoms with Crippen LogP contribution in [0.1, 0.15) is 26.3 Å². The largest absolute Gasteiger partial charge is 0.393 e. The Morgan fingerprint density at radius 2 is 1.90 bits per heavy atom. The van der Waals surface area contributed by atoms with Crippen molar-refractivity contribution in [2.24, 2.45) is 0 Å². The number of hydrogen-bond donors (Lipinski definition) is 2. The summed E-state index contributed by atoms with van der Waals surface area (Å²) in [7, 11) is -1.85. The van der Waals surface area contributed by atoms with Gasteiger partial charge in [0.05, 0.1) is 22.3 Å². The number of nitrogens with one attached hydrogen (secondary N) is 1. The monoisotopic (exact) mass is 323 g/mol. The molecular weight excluding hydrogens is 303 g/mol. The van der Waals surface area contributed by atoms with Crippen molar-refractivity contribution in [3.8, 4) is 0 Å². The van der Waals surface area contributed by atoms with E-state index in [1.54, 1.807) is 20.8 Å². The van der Waals surface area contributed by atoms with Gasteiger partial charge < -0.3 is 5.11 Å². The Bertz CT molecular complexity index is 507. The third-order valence-electron chi connectivity index (χ3n) is 3.09. The Labute approximate surface area is 125 Å². The minimum absolute atomic E-state index is 0.299. The Morgan fingerprint density at radius 1 is 1.33 bits per heavy atom. The van der Waals surface area contributed by atoms with Gasteiger partial charge in [0, 0.05) is 5.56 Å². The van der Waals surface area contributed by atoms with E-state index in [2.05, 4.69) is 4.72 Å². The predicted molar refractivity (Wildman–Crippen MR) is 77.1 cm³/mol. The average Bonchev–Trinajstić information content (AvgIpc) is 2.43. The molecule has 0 saturated heterocycles. The van der Waals surface area contributed by atoms with Crippen LogP contribution in [0.15, 0.2) is 24.3 Å². The molecule has 0 aromatic heterocycles. The molecule has 3 atom stereocenters. The molecule has 0 saturated carbocycles. The zero-order chi connectivity index (χ0) is 16.3. The van der Waals surface area contributed by atoms with Crippen LogP contribution in [0.2, 0.25) is 0 Å². The topological polar surface area (TPSA) is 49.3 Å². The second kappa shape index (κ2) is 6.89. The van der Waals surface area contributed by atoms with Gasteiger partial charge in [0.15, 0.2) is 0 Å². The van der Waals surface area contributed by atoms with Gasteiger partial charge in [-0.3, -0.25) is 0 Å². The summed E-state index contributed by atoms with van der Waals surface area (Å²) in [6.07, 6.45) is -2.15. The van der Waals surface area contributed by atoms with Crippen molar-refractivity contribution < 1.29 is 22.5 Å². The van der Waals surface area contributed by atoms with Gasteiger partial charge in [-0.25, -0.2) is 22.1 Å². The molecule has 0 aliphatic carbocycles. The highest BCUT2D eigenvalue weighted by Crippen LogP contribution is 2.32. The van der Waals surface area contributed by atoms with Crippen LogP contribution in [0.4, 0.5) is 13.2 Å². The highest BCUT2D eigenvalue weighted by Gasteiger charge is 2.45. The number of halogens is 3. The highest BCUT2D eigenvalue weighted by atomic mass is 32.2. The summed E-state index contributed by atoms with van der Waals surface area (Å²) in [4.78, 5) is 0. The number of rotatable bonds is 6. The Morgan fingerprint density at radius 3 is 2.33 bits per heavy atom. The fraction of sp³-hybridized carbons (Fsp3) is 0.571. The second-order valence-electron chi connectivity index (χ2n) is 5.72. The fourth-order valence-electron chi connectivity index (χ4n) is 1.77. The van der Waals surface area contributed by atoms with Crippen LogP contribution >= 0.6 is 0 Å². The lowest BCUT2D eigenvalue weighted by Gasteiger charge is -2.36. The first kappa shape index (κ1) is 18.1. The van der Waals surface area contributed by atoms with Crippen molar-refractivity contribution in [3.05, 3.63) is 35.6 Å². The van der Waals surface area contributed by atoms with Crippen molar-refractivity contribution >= 4 is 11.0 Å². The van der Waals surface area contributed by atoms with Gasteiger partial charge in [0.1, 0.15) is 24.2 Å². The van der Waals surface area contributed by atoms with E-state index >= 15 is 0 Å². The van der Waals surface area contributed by atoms with E-state index in [0.29, 0.717) is 0 Å². The SMILES string of the molecule is CC(C)(C)S(=O)N[C@](CF)(c1ccccc1F)[C@H](F)CO. The molecule has 0 radical (unpaired) electrons. The molecule has 1 aromatic rings. The van der Waals surface area contributed by atoms with Gasteiger partial charge in [0.2, 0.25) is 0 Å². The highest BCUT2D eigenvalue weighted by molar-refractivity contribution is 7.84. The molecule has 0 aliphatic rings. The molecule has 0 aliphatic heterocycles. The van der Waals surface area contributed by atoms with Crippen molar-refractivity contribution in [3.63, 3.8) is 0 Å². The number of benzene rings is 1. The van der Waals surface area contributed by atoms with E-state index < -0.39 is 46.5 Å². The van der Waals surface area contributed by atoms with Crippen LogP contribution in [0.25, 0.3) is 0 Å². The lowest BCUT2D eigenvalue weighted by molar-refractivity contribution is 0.0742. The molecule has 120 valence electrons. The van der Waals surface area contributed by atoms with Gasteiger partial charge >= 0.3 is 0 Å². The van der Waals surface area contributed by atoms with E-state index in [1.807, 2.05) is 0 Å². The molecular formula is C14H20F3NO2S. The smallest absolute Gasteiger partial charge is 0.149 e. The standard InChI is InChI=1S/C14H20F3NO2S/c1-13(2,3)21(20)18-14(9-15,12(17)8-19)10-6-4-5-7-11(10)16/h4-7,12,18-19H,8-9H2,1-3H3/t12-,14-,21?/m1/s1. The van der Waals surface area contributed by atoms with E-state index in [1.165, 1.54) is 18.2 Å². The maximum absolute atomic E-state index is 14.2. The maximum atomic E-state index is 14.2. The Hall–Kier alpha value is -0.920. The molecule has 0 spiro atoms. The van der Waals surface area contributed by atoms with Gasteiger partial charge in [0.25, 0.3) is 0 Å². The first-order chi connectivity index (χ1) is 9.69. The van der Waals surface area contributed by atoms with Gasteiger partial charge in [-0.2, -0.15) is 0 Å². The number of aliphatic hydroxyl groups excluding tert-OH is 1. The second-order valence-corrected chi connectivity index (χ2v) is 7.68. The summed E-state index contributed by atoms with van der Waals surface area (Å²) < 4.78 is 55.6. The third kappa shape index (κ3) is 3.84. The number of hydrogen-bond acceptors (Lipinski definition) is 2. The zero-order valence-corrected chi connectivity index (χ0v) is 13.0. The molecule has 3 nitrogen and oxygen atoms in total. The quantitative estimate of drug-likeness (QED) is 0.844. The van der Waals surface area contributed by atoms with E-state index in [9.17, 15) is 17.4 Å². The van der Waals surface area contributed by atoms with Crippen LogP contribution in [0.3, 0.4) is 0 Å². The maximum Gasteiger partial charge on any atom is 0.149 e. The molecule has 0 fully saturated rings. The first-order valence-corrected chi connectivity index (χ1v) is 7.59. The van der Waals surface area contributed by atoms with Crippen molar-refractivity contribution in [2.45, 2.75) is 37.2 Å². The first-order valence-electron chi connectivity index (χ1n) is 6.44. The van der Waals surface area contributed by atoms with Crippen LogP contribution in [0, 0.1) is 5.82 Å². The minimum Gasteiger partial charge on any atom is -0.393 e. The van der Waals surface area contributed by atoms with E-state index in [-0.39, 0.29) is 5.56 Å². The Balaban J connectivity index is 3.36. The van der Waals surface area contributed by atoms with Crippen molar-refractivity contribution in [2.75, 3.05) is 13.3 Å². The van der Waals surface area contributed by atoms with Crippen LogP contribution in [-0.2, 0) is 16.5 Å². The molecule has 0 amide bonds. The molecule has 1 rings (SSSR count). The summed E-state index contributed by atoms with van der Waals surface area (Å²) >= 11 is 0. The van der Waals surface area contributed by atoms with Gasteiger partial charge in [-0.05, 0) is 26.8 Å². The summed E-state index contributed by atoms with van der Waals surface area (Å²) in [5, 5.41) is 9.07. The normalized spacial score (nSPS) is 18.0. The summed E-state index contributed by atoms with van der Waals surface area (Å²) in [5.41, 5.74) is -2.50. The van der Waals surface area contributed by atoms with Gasteiger partial charge in [-0.15, -0.1) is 0 Å². The molecule has 2 N–H and O–H groups in total. The Kier molecular flexibility index (Phi) is 5.95. The lowest BCUT2D eigenvalue weighted by Crippen LogP contribution is -2.56. The summed E-state index contributed by atoms with van der Waals surface area (Å²) in [5.74, 6) is -0.829. The number of aliphatic hydroxyl groups is 1. The summed E-state index contributed by atoms with van der Waals surface area (Å²) in [6, 6.07) is 5.08.